The number of nitrogens with zero attached hydrogens (tertiary/aromatic N) is 1. The highest BCUT2D eigenvalue weighted by Crippen LogP contribution is 2.30. The van der Waals surface area contributed by atoms with Crippen molar-refractivity contribution in [2.24, 2.45) is 0 Å². The molecule has 0 amide bonds. The molecule has 0 saturated heterocycles. The summed E-state index contributed by atoms with van der Waals surface area (Å²) in [6.45, 7) is 5.42. The molecule has 2 nitrogen and oxygen atoms in total. The molecule has 1 aromatic carbocycles. The Morgan fingerprint density at radius 1 is 1.35 bits per heavy atom. The van der Waals surface area contributed by atoms with Gasteiger partial charge < -0.3 is 9.55 Å². The molecule has 2 heterocycles. The van der Waals surface area contributed by atoms with Crippen molar-refractivity contribution < 1.29 is 0 Å². The predicted molar refractivity (Wildman–Crippen MR) is 97.2 cm³/mol. The molecule has 0 saturated carbocycles. The van der Waals surface area contributed by atoms with Gasteiger partial charge in [0.2, 0.25) is 0 Å². The Kier molecular flexibility index (Phi) is 3.77. The van der Waals surface area contributed by atoms with Crippen molar-refractivity contribution in [1.82, 2.24) is 9.55 Å². The van der Waals surface area contributed by atoms with Crippen molar-refractivity contribution >= 4 is 57.2 Å². The number of aromatic amines is 1. The maximum atomic E-state index is 5.50. The van der Waals surface area contributed by atoms with Crippen molar-refractivity contribution in [2.75, 3.05) is 0 Å². The van der Waals surface area contributed by atoms with Crippen LogP contribution in [0.25, 0.3) is 11.0 Å². The number of halogens is 1. The number of hydrogen-bond donors (Lipinski definition) is 1. The Balaban J connectivity index is 2.07. The second-order valence-electron chi connectivity index (χ2n) is 5.54. The average molecular weight is 414 g/mol. The quantitative estimate of drug-likeness (QED) is 0.453. The standard InChI is InChI=1S/C15H15IN2S2/c1-15(2,13-4-3-7-20-13)9-18-12-6-5-10(16)8-11(12)17-14(18)19/h3-8H,9H2,1-2H3,(H,17,19). The van der Waals surface area contributed by atoms with E-state index in [0.717, 1.165) is 16.8 Å². The average Bonchev–Trinajstić information content (AvgIpc) is 2.99. The Morgan fingerprint density at radius 3 is 2.85 bits per heavy atom. The molecule has 3 aromatic rings. The molecule has 0 bridgehead atoms. The Labute approximate surface area is 141 Å². The summed E-state index contributed by atoms with van der Waals surface area (Å²) in [6.07, 6.45) is 0. The topological polar surface area (TPSA) is 20.7 Å². The number of rotatable bonds is 3. The predicted octanol–water partition coefficient (Wildman–Crippen LogP) is 5.34. The van der Waals surface area contributed by atoms with Crippen LogP contribution in [0, 0.1) is 8.34 Å². The highest BCUT2D eigenvalue weighted by atomic mass is 127. The van der Waals surface area contributed by atoms with Gasteiger partial charge in [-0.1, -0.05) is 19.9 Å². The summed E-state index contributed by atoms with van der Waals surface area (Å²) in [5, 5.41) is 2.13. The van der Waals surface area contributed by atoms with Crippen LogP contribution in [0.15, 0.2) is 35.7 Å². The van der Waals surface area contributed by atoms with Crippen molar-refractivity contribution in [3.63, 3.8) is 0 Å². The van der Waals surface area contributed by atoms with Crippen molar-refractivity contribution in [1.29, 1.82) is 0 Å². The number of H-pyrrole nitrogens is 1. The molecule has 1 N–H and O–H groups in total. The van der Waals surface area contributed by atoms with Gasteiger partial charge in [-0.3, -0.25) is 0 Å². The number of thiophene rings is 1. The summed E-state index contributed by atoms with van der Waals surface area (Å²) in [5.41, 5.74) is 2.37. The van der Waals surface area contributed by atoms with Gasteiger partial charge in [0.15, 0.2) is 4.77 Å². The number of nitrogens with one attached hydrogen (secondary N) is 1. The summed E-state index contributed by atoms with van der Waals surface area (Å²) in [7, 11) is 0. The van der Waals surface area contributed by atoms with Gasteiger partial charge in [0.1, 0.15) is 0 Å². The summed E-state index contributed by atoms with van der Waals surface area (Å²) < 4.78 is 4.23. The summed E-state index contributed by atoms with van der Waals surface area (Å²) >= 11 is 9.63. The SMILES string of the molecule is CC(C)(Cn1c(=S)[nH]c2cc(I)ccc21)c1cccs1. The van der Waals surface area contributed by atoms with Crippen LogP contribution in [0.3, 0.4) is 0 Å². The molecule has 3 rings (SSSR count). The molecule has 0 aliphatic heterocycles. The minimum Gasteiger partial charge on any atom is -0.331 e. The van der Waals surface area contributed by atoms with Gasteiger partial charge in [0.25, 0.3) is 0 Å². The van der Waals surface area contributed by atoms with Gasteiger partial charge in [0.05, 0.1) is 11.0 Å². The van der Waals surface area contributed by atoms with Crippen molar-refractivity contribution in [2.45, 2.75) is 25.8 Å². The summed E-state index contributed by atoms with van der Waals surface area (Å²) in [6, 6.07) is 10.7. The largest absolute Gasteiger partial charge is 0.331 e. The fraction of sp³-hybridized carbons (Fsp3) is 0.267. The van der Waals surface area contributed by atoms with Gasteiger partial charge in [-0.15, -0.1) is 11.3 Å². The first-order chi connectivity index (χ1) is 9.47. The van der Waals surface area contributed by atoms with E-state index in [-0.39, 0.29) is 5.41 Å². The van der Waals surface area contributed by atoms with Gasteiger partial charge >= 0.3 is 0 Å². The van der Waals surface area contributed by atoms with E-state index in [4.69, 9.17) is 12.2 Å². The Hall–Kier alpha value is -0.660. The van der Waals surface area contributed by atoms with Gasteiger partial charge in [-0.25, -0.2) is 0 Å². The van der Waals surface area contributed by atoms with E-state index in [1.54, 1.807) is 11.3 Å². The third kappa shape index (κ3) is 2.58. The maximum absolute atomic E-state index is 5.50. The van der Waals surface area contributed by atoms with Crippen LogP contribution in [-0.2, 0) is 12.0 Å². The molecule has 0 fully saturated rings. The minimum atomic E-state index is 0.0739. The van der Waals surface area contributed by atoms with Crippen LogP contribution in [0.5, 0.6) is 0 Å². The first-order valence-corrected chi connectivity index (χ1v) is 8.76. The van der Waals surface area contributed by atoms with Crippen LogP contribution in [0.2, 0.25) is 0 Å². The zero-order valence-electron chi connectivity index (χ0n) is 11.3. The number of imidazole rings is 1. The second kappa shape index (κ2) is 5.27. The first kappa shape index (κ1) is 14.3. The third-order valence-corrected chi connectivity index (χ3v) is 5.71. The number of aromatic nitrogens is 2. The summed E-state index contributed by atoms with van der Waals surface area (Å²) in [4.78, 5) is 4.70. The lowest BCUT2D eigenvalue weighted by molar-refractivity contribution is 0.447. The van der Waals surface area contributed by atoms with Crippen molar-refractivity contribution in [3.8, 4) is 0 Å². The Bertz CT molecular complexity index is 797. The molecule has 20 heavy (non-hydrogen) atoms. The zero-order chi connectivity index (χ0) is 14.3. The van der Waals surface area contributed by atoms with Crippen LogP contribution in [-0.4, -0.2) is 9.55 Å². The molecule has 0 atom stereocenters. The number of hydrogen-bond acceptors (Lipinski definition) is 2. The van der Waals surface area contributed by atoms with Crippen LogP contribution in [0.1, 0.15) is 18.7 Å². The van der Waals surface area contributed by atoms with E-state index in [9.17, 15) is 0 Å². The summed E-state index contributed by atoms with van der Waals surface area (Å²) in [5.74, 6) is 0. The zero-order valence-corrected chi connectivity index (χ0v) is 15.1. The van der Waals surface area contributed by atoms with E-state index >= 15 is 0 Å². The molecule has 0 aliphatic carbocycles. The monoisotopic (exact) mass is 414 g/mol. The van der Waals surface area contributed by atoms with Crippen LogP contribution < -0.4 is 0 Å². The van der Waals surface area contributed by atoms with Gasteiger partial charge in [0, 0.05) is 20.4 Å². The molecule has 0 radical (unpaired) electrons. The molecule has 0 spiro atoms. The maximum Gasteiger partial charge on any atom is 0.178 e. The fourth-order valence-electron chi connectivity index (χ4n) is 2.43. The molecular formula is C15H15IN2S2. The van der Waals surface area contributed by atoms with E-state index in [0.29, 0.717) is 0 Å². The highest BCUT2D eigenvalue weighted by Gasteiger charge is 2.23. The number of fused-ring (bicyclic) bond motifs is 1. The molecule has 2 aromatic heterocycles. The van der Waals surface area contributed by atoms with Gasteiger partial charge in [-0.2, -0.15) is 0 Å². The first-order valence-electron chi connectivity index (χ1n) is 6.39. The lowest BCUT2D eigenvalue weighted by Crippen LogP contribution is -2.23. The van der Waals surface area contributed by atoms with Crippen molar-refractivity contribution in [3.05, 3.63) is 48.9 Å². The van der Waals surface area contributed by atoms with Crippen LogP contribution in [0.4, 0.5) is 0 Å². The third-order valence-electron chi connectivity index (χ3n) is 3.48. The number of benzene rings is 1. The van der Waals surface area contributed by atoms with E-state index in [1.807, 2.05) is 0 Å². The van der Waals surface area contributed by atoms with Gasteiger partial charge in [-0.05, 0) is 64.5 Å². The smallest absolute Gasteiger partial charge is 0.178 e. The van der Waals surface area contributed by atoms with E-state index in [1.165, 1.54) is 14.0 Å². The second-order valence-corrected chi connectivity index (χ2v) is 8.12. The van der Waals surface area contributed by atoms with Crippen LogP contribution >= 0.6 is 46.1 Å². The molecule has 5 heteroatoms. The molecule has 104 valence electrons. The normalized spacial score (nSPS) is 12.2. The lowest BCUT2D eigenvalue weighted by Gasteiger charge is -2.24. The Morgan fingerprint density at radius 2 is 2.15 bits per heavy atom. The molecule has 0 aliphatic rings. The highest BCUT2D eigenvalue weighted by molar-refractivity contribution is 14.1. The van der Waals surface area contributed by atoms with E-state index in [2.05, 4.69) is 81.7 Å². The lowest BCUT2D eigenvalue weighted by atomic mass is 9.91. The molecule has 0 unspecified atom stereocenters. The molecular weight excluding hydrogens is 399 g/mol. The van der Waals surface area contributed by atoms with E-state index < -0.39 is 0 Å². The minimum absolute atomic E-state index is 0.0739. The fourth-order valence-corrected chi connectivity index (χ4v) is 4.04.